The number of amides is 2. The van der Waals surface area contributed by atoms with Crippen molar-refractivity contribution in [3.05, 3.63) is 72.0 Å². The third-order valence-electron chi connectivity index (χ3n) is 5.28. The quantitative estimate of drug-likeness (QED) is 0.370. The molecule has 9 heteroatoms. The summed E-state index contributed by atoms with van der Waals surface area (Å²) < 4.78 is 27.0. The summed E-state index contributed by atoms with van der Waals surface area (Å²) in [6.45, 7) is 0. The zero-order chi connectivity index (χ0) is 24.9. The Labute approximate surface area is 201 Å². The molecule has 0 saturated carbocycles. The van der Waals surface area contributed by atoms with Crippen molar-refractivity contribution in [3.8, 4) is 23.0 Å². The molecule has 0 unspecified atom stereocenters. The molecule has 0 fully saturated rings. The van der Waals surface area contributed by atoms with Crippen LogP contribution in [-0.4, -0.2) is 40.3 Å². The van der Waals surface area contributed by atoms with E-state index in [1.54, 1.807) is 42.5 Å². The zero-order valence-corrected chi connectivity index (χ0v) is 19.6. The number of rotatable bonds is 8. The minimum absolute atomic E-state index is 0.174. The van der Waals surface area contributed by atoms with Gasteiger partial charge in [-0.05, 0) is 36.4 Å². The van der Waals surface area contributed by atoms with Gasteiger partial charge < -0.3 is 34.0 Å². The number of para-hydroxylation sites is 1. The molecular formula is C26H24N2O7. The Morgan fingerprint density at radius 3 is 2.03 bits per heavy atom. The number of carbonyl (C=O) groups excluding carboxylic acids is 2. The maximum atomic E-state index is 12.9. The lowest BCUT2D eigenvalue weighted by molar-refractivity contribution is 0.0996. The molecule has 3 aromatic carbocycles. The third kappa shape index (κ3) is 4.84. The van der Waals surface area contributed by atoms with Crippen LogP contribution in [-0.2, 0) is 0 Å². The van der Waals surface area contributed by atoms with Crippen molar-refractivity contribution in [2.24, 2.45) is 0 Å². The van der Waals surface area contributed by atoms with Crippen molar-refractivity contribution < 1.29 is 33.0 Å². The summed E-state index contributed by atoms with van der Waals surface area (Å²) in [6.07, 6.45) is 0. The van der Waals surface area contributed by atoms with Crippen LogP contribution < -0.4 is 29.6 Å². The normalized spacial score (nSPS) is 10.5. The minimum Gasteiger partial charge on any atom is -0.494 e. The monoisotopic (exact) mass is 476 g/mol. The first-order valence-electron chi connectivity index (χ1n) is 10.6. The molecule has 35 heavy (non-hydrogen) atoms. The molecule has 180 valence electrons. The molecular weight excluding hydrogens is 452 g/mol. The van der Waals surface area contributed by atoms with Crippen LogP contribution in [0.5, 0.6) is 23.0 Å². The van der Waals surface area contributed by atoms with Crippen molar-refractivity contribution in [2.75, 3.05) is 39.1 Å². The first-order chi connectivity index (χ1) is 17.0. The van der Waals surface area contributed by atoms with E-state index >= 15 is 0 Å². The van der Waals surface area contributed by atoms with Crippen LogP contribution in [0.2, 0.25) is 0 Å². The molecule has 1 aromatic heterocycles. The number of benzene rings is 3. The number of hydrogen-bond donors (Lipinski definition) is 2. The van der Waals surface area contributed by atoms with E-state index in [0.29, 0.717) is 45.5 Å². The van der Waals surface area contributed by atoms with Crippen molar-refractivity contribution in [2.45, 2.75) is 0 Å². The fourth-order valence-electron chi connectivity index (χ4n) is 3.57. The summed E-state index contributed by atoms with van der Waals surface area (Å²) in [5.41, 5.74) is 1.81. The van der Waals surface area contributed by atoms with E-state index in [2.05, 4.69) is 10.6 Å². The lowest BCUT2D eigenvalue weighted by atomic mass is 10.1. The molecule has 0 aliphatic carbocycles. The van der Waals surface area contributed by atoms with Gasteiger partial charge in [-0.25, -0.2) is 0 Å². The van der Waals surface area contributed by atoms with E-state index in [4.69, 9.17) is 23.4 Å². The van der Waals surface area contributed by atoms with Gasteiger partial charge in [-0.1, -0.05) is 18.2 Å². The van der Waals surface area contributed by atoms with Gasteiger partial charge >= 0.3 is 0 Å². The Morgan fingerprint density at radius 2 is 1.40 bits per heavy atom. The predicted molar refractivity (Wildman–Crippen MR) is 131 cm³/mol. The van der Waals surface area contributed by atoms with Gasteiger partial charge in [0.15, 0.2) is 17.3 Å². The minimum atomic E-state index is -0.422. The van der Waals surface area contributed by atoms with Crippen LogP contribution >= 0.6 is 0 Å². The Hall–Kier alpha value is -4.66. The van der Waals surface area contributed by atoms with Gasteiger partial charge in [0, 0.05) is 22.7 Å². The maximum absolute atomic E-state index is 12.9. The topological polar surface area (TPSA) is 108 Å². The summed E-state index contributed by atoms with van der Waals surface area (Å²) in [5.74, 6) is 0.818. The number of carbonyl (C=O) groups is 2. The first-order valence-corrected chi connectivity index (χ1v) is 10.6. The number of hydrogen-bond acceptors (Lipinski definition) is 7. The Balaban J connectivity index is 1.53. The number of methoxy groups -OCH3 is 4. The smallest absolute Gasteiger partial charge is 0.291 e. The summed E-state index contributed by atoms with van der Waals surface area (Å²) in [5, 5.41) is 6.41. The van der Waals surface area contributed by atoms with E-state index in [1.807, 2.05) is 18.2 Å². The standard InChI is InChI=1S/C26H24N2O7/c1-31-20-14-17(27-25(29)16-12-21(32-2)24(34-4)22(13-16)33-3)9-10-18(20)28-26(30)23-11-15-7-5-6-8-19(15)35-23/h5-14H,1-4H3,(H,27,29)(H,28,30). The van der Waals surface area contributed by atoms with Gasteiger partial charge in [0.25, 0.3) is 11.8 Å². The van der Waals surface area contributed by atoms with Gasteiger partial charge in [-0.2, -0.15) is 0 Å². The lowest BCUT2D eigenvalue weighted by Gasteiger charge is -2.15. The van der Waals surface area contributed by atoms with Gasteiger partial charge in [-0.3, -0.25) is 9.59 Å². The summed E-state index contributed by atoms with van der Waals surface area (Å²) in [6, 6.07) is 17.0. The number of ether oxygens (including phenoxy) is 4. The highest BCUT2D eigenvalue weighted by atomic mass is 16.5. The van der Waals surface area contributed by atoms with Crippen molar-refractivity contribution in [3.63, 3.8) is 0 Å². The molecule has 0 spiro atoms. The van der Waals surface area contributed by atoms with E-state index in [1.165, 1.54) is 28.4 Å². The zero-order valence-electron chi connectivity index (χ0n) is 19.6. The van der Waals surface area contributed by atoms with Crippen LogP contribution in [0.15, 0.2) is 65.1 Å². The SMILES string of the molecule is COc1cc(NC(=O)c2cc(OC)c(OC)c(OC)c2)ccc1NC(=O)c1cc2ccccc2o1. The number of fused-ring (bicyclic) bond motifs is 1. The highest BCUT2D eigenvalue weighted by molar-refractivity contribution is 6.07. The second kappa shape index (κ2) is 10.1. The van der Waals surface area contributed by atoms with Gasteiger partial charge in [0.2, 0.25) is 5.75 Å². The molecule has 0 atom stereocenters. The number of anilines is 2. The van der Waals surface area contributed by atoms with Crippen molar-refractivity contribution in [1.29, 1.82) is 0 Å². The summed E-state index contributed by atoms with van der Waals surface area (Å²) in [7, 11) is 5.91. The second-order valence-electron chi connectivity index (χ2n) is 7.39. The highest BCUT2D eigenvalue weighted by Gasteiger charge is 2.18. The average molecular weight is 476 g/mol. The third-order valence-corrected chi connectivity index (χ3v) is 5.28. The molecule has 0 saturated heterocycles. The van der Waals surface area contributed by atoms with E-state index in [9.17, 15) is 9.59 Å². The Bertz CT molecular complexity index is 1340. The van der Waals surface area contributed by atoms with Crippen LogP contribution in [0.4, 0.5) is 11.4 Å². The molecule has 0 aliphatic heterocycles. The van der Waals surface area contributed by atoms with Gasteiger partial charge in [-0.15, -0.1) is 0 Å². The Morgan fingerprint density at radius 1 is 0.714 bits per heavy atom. The van der Waals surface area contributed by atoms with Crippen molar-refractivity contribution in [1.82, 2.24) is 0 Å². The molecule has 4 aromatic rings. The van der Waals surface area contributed by atoms with E-state index in [0.717, 1.165) is 5.39 Å². The average Bonchev–Trinajstić information content (AvgIpc) is 3.33. The summed E-state index contributed by atoms with van der Waals surface area (Å²) >= 11 is 0. The number of furan rings is 1. The van der Waals surface area contributed by atoms with E-state index in [-0.39, 0.29) is 5.76 Å². The molecule has 9 nitrogen and oxygen atoms in total. The van der Waals surface area contributed by atoms with Gasteiger partial charge in [0.05, 0.1) is 34.1 Å². The van der Waals surface area contributed by atoms with Crippen LogP contribution in [0.3, 0.4) is 0 Å². The molecule has 0 bridgehead atoms. The number of nitrogens with one attached hydrogen (secondary N) is 2. The molecule has 0 radical (unpaired) electrons. The molecule has 1 heterocycles. The Kier molecular flexibility index (Phi) is 6.77. The molecule has 2 amide bonds. The highest BCUT2D eigenvalue weighted by Crippen LogP contribution is 2.38. The second-order valence-corrected chi connectivity index (χ2v) is 7.39. The van der Waals surface area contributed by atoms with Crippen molar-refractivity contribution >= 4 is 34.2 Å². The summed E-state index contributed by atoms with van der Waals surface area (Å²) in [4.78, 5) is 25.6. The lowest BCUT2D eigenvalue weighted by Crippen LogP contribution is -2.14. The van der Waals surface area contributed by atoms with Crippen LogP contribution in [0, 0.1) is 0 Å². The molecule has 0 aliphatic rings. The van der Waals surface area contributed by atoms with E-state index < -0.39 is 11.8 Å². The molecule has 2 N–H and O–H groups in total. The maximum Gasteiger partial charge on any atom is 0.291 e. The molecule has 4 rings (SSSR count). The largest absolute Gasteiger partial charge is 0.494 e. The van der Waals surface area contributed by atoms with Gasteiger partial charge in [0.1, 0.15) is 11.3 Å². The predicted octanol–water partition coefficient (Wildman–Crippen LogP) is 4.97. The van der Waals surface area contributed by atoms with Crippen LogP contribution in [0.1, 0.15) is 20.9 Å². The fraction of sp³-hybridized carbons (Fsp3) is 0.154. The fourth-order valence-corrected chi connectivity index (χ4v) is 3.57. The van der Waals surface area contributed by atoms with Crippen LogP contribution in [0.25, 0.3) is 11.0 Å². The first kappa shape index (κ1) is 23.5.